The summed E-state index contributed by atoms with van der Waals surface area (Å²) in [5, 5.41) is 7.57. The number of fused-ring (bicyclic) bond motifs is 5. The van der Waals surface area contributed by atoms with Crippen molar-refractivity contribution in [3.8, 4) is 0 Å². The van der Waals surface area contributed by atoms with E-state index in [-0.39, 0.29) is 12.2 Å². The normalized spacial score (nSPS) is 32.4. The Hall–Kier alpha value is -0.380. The lowest BCUT2D eigenvalue weighted by molar-refractivity contribution is -0.0757. The predicted octanol–water partition coefficient (Wildman–Crippen LogP) is 12.7. The summed E-state index contributed by atoms with van der Waals surface area (Å²) in [6.45, 7) is 33.4. The van der Waals surface area contributed by atoms with Gasteiger partial charge in [0.15, 0.2) is 0 Å². The Bertz CT molecular complexity index is 830. The molecule has 1 N–H and O–H groups in total. The van der Waals surface area contributed by atoms with Crippen molar-refractivity contribution in [2.75, 3.05) is 19.8 Å². The van der Waals surface area contributed by atoms with Crippen LogP contribution in [-0.4, -0.2) is 36.6 Å². The molecule has 0 bridgehead atoms. The second kappa shape index (κ2) is 21.0. The molecule has 0 spiro atoms. The Morgan fingerprint density at radius 3 is 2.09 bits per heavy atom. The molecule has 0 radical (unpaired) electrons. The molecule has 3 nitrogen and oxygen atoms in total. The maximum Gasteiger partial charge on any atom is 0.0648 e. The first-order valence-electron chi connectivity index (χ1n) is 20.3. The van der Waals surface area contributed by atoms with Crippen LogP contribution in [0.25, 0.3) is 0 Å². The largest absolute Gasteiger partial charge is 0.397 e. The summed E-state index contributed by atoms with van der Waals surface area (Å²) in [5.41, 5.74) is 2.68. The van der Waals surface area contributed by atoms with Crippen molar-refractivity contribution in [1.29, 1.82) is 0 Å². The first-order valence-corrected chi connectivity index (χ1v) is 20.3. The molecule has 0 heterocycles. The maximum absolute atomic E-state index is 7.57. The van der Waals surface area contributed by atoms with Gasteiger partial charge in [-0.15, -0.1) is 0 Å². The number of aliphatic hydroxyl groups excluding tert-OH is 1. The van der Waals surface area contributed by atoms with Gasteiger partial charge in [0, 0.05) is 19.8 Å². The highest BCUT2D eigenvalue weighted by atomic mass is 16.5. The molecule has 3 saturated carbocycles. The van der Waals surface area contributed by atoms with Gasteiger partial charge in [-0.1, -0.05) is 107 Å². The van der Waals surface area contributed by atoms with Gasteiger partial charge in [0.25, 0.3) is 0 Å². The van der Waals surface area contributed by atoms with Crippen molar-refractivity contribution in [2.45, 2.75) is 192 Å². The Kier molecular flexibility index (Phi) is 19.9. The number of hydrogen-bond acceptors (Lipinski definition) is 3. The minimum atomic E-state index is -0.0881. The van der Waals surface area contributed by atoms with E-state index in [0.29, 0.717) is 22.9 Å². The first kappa shape index (κ1) is 43.6. The highest BCUT2D eigenvalue weighted by Crippen LogP contribution is 2.67. The van der Waals surface area contributed by atoms with Gasteiger partial charge in [0.1, 0.15) is 0 Å². The Morgan fingerprint density at radius 1 is 0.848 bits per heavy atom. The van der Waals surface area contributed by atoms with Crippen molar-refractivity contribution in [2.24, 2.45) is 52.3 Å². The van der Waals surface area contributed by atoms with Crippen molar-refractivity contribution >= 4 is 0 Å². The van der Waals surface area contributed by atoms with E-state index in [9.17, 15) is 0 Å². The SMILES string of the molecule is CC.CC.CC(C)CCCC(C)C1CCC2C3CC=C4CC(OCCC(C)(C)OCCC(C)C)CCC4(C)C3CCC12C.CCO. The second-order valence-electron chi connectivity index (χ2n) is 16.9. The number of allylic oxidation sites excluding steroid dienone is 1. The average Bonchev–Trinajstić information content (AvgIpc) is 3.36. The monoisotopic (exact) mass is 649 g/mol. The molecule has 0 aromatic heterocycles. The molecule has 4 aliphatic rings. The van der Waals surface area contributed by atoms with Crippen LogP contribution in [0.2, 0.25) is 0 Å². The Labute approximate surface area is 289 Å². The molecule has 4 aliphatic carbocycles. The highest BCUT2D eigenvalue weighted by Gasteiger charge is 2.59. The van der Waals surface area contributed by atoms with E-state index in [4.69, 9.17) is 14.6 Å². The lowest BCUT2D eigenvalue weighted by atomic mass is 9.47. The fourth-order valence-corrected chi connectivity index (χ4v) is 9.91. The summed E-state index contributed by atoms with van der Waals surface area (Å²) in [5.74, 6) is 6.19. The topological polar surface area (TPSA) is 38.7 Å². The molecule has 0 aromatic carbocycles. The van der Waals surface area contributed by atoms with Gasteiger partial charge in [-0.3, -0.25) is 0 Å². The van der Waals surface area contributed by atoms with Crippen LogP contribution >= 0.6 is 0 Å². The molecular formula is C43H84O3. The fraction of sp³-hybridized carbons (Fsp3) is 0.953. The quantitative estimate of drug-likeness (QED) is 0.202. The van der Waals surface area contributed by atoms with Crippen LogP contribution in [0.5, 0.6) is 0 Å². The lowest BCUT2D eigenvalue weighted by Crippen LogP contribution is -2.51. The standard InChI is InChI=1S/C37H66O2.C2H6O.2C2H6/c1-26(2)11-10-12-28(5)32-15-16-33-31-14-13-29-25-30(38-24-22-35(6,7)39-23-19-27(3)4)17-20-36(29,8)34(31)18-21-37(32,33)9;1-2-3;2*1-2/h13,26-28,30-34H,10-12,14-25H2,1-9H3;3H,2H2,1H3;2*1-2H3. The zero-order valence-electron chi connectivity index (χ0n) is 33.8. The van der Waals surface area contributed by atoms with Gasteiger partial charge < -0.3 is 14.6 Å². The summed E-state index contributed by atoms with van der Waals surface area (Å²) in [6, 6.07) is 0. The van der Waals surface area contributed by atoms with Gasteiger partial charge >= 0.3 is 0 Å². The third kappa shape index (κ3) is 11.9. The Morgan fingerprint density at radius 2 is 1.48 bits per heavy atom. The van der Waals surface area contributed by atoms with Crippen LogP contribution in [0.3, 0.4) is 0 Å². The van der Waals surface area contributed by atoms with Gasteiger partial charge in [-0.2, -0.15) is 0 Å². The molecule has 46 heavy (non-hydrogen) atoms. The zero-order chi connectivity index (χ0) is 35.1. The zero-order valence-corrected chi connectivity index (χ0v) is 33.8. The molecular weight excluding hydrogens is 564 g/mol. The van der Waals surface area contributed by atoms with E-state index in [1.165, 1.54) is 70.6 Å². The van der Waals surface area contributed by atoms with Crippen LogP contribution in [0.15, 0.2) is 11.6 Å². The van der Waals surface area contributed by atoms with Crippen LogP contribution in [0.4, 0.5) is 0 Å². The minimum Gasteiger partial charge on any atom is -0.397 e. The van der Waals surface area contributed by atoms with E-state index in [1.807, 2.05) is 27.7 Å². The second-order valence-corrected chi connectivity index (χ2v) is 16.9. The fourth-order valence-electron chi connectivity index (χ4n) is 9.91. The third-order valence-electron chi connectivity index (χ3n) is 12.5. The average molecular weight is 649 g/mol. The summed E-state index contributed by atoms with van der Waals surface area (Å²) >= 11 is 0. The van der Waals surface area contributed by atoms with E-state index in [2.05, 4.69) is 68.4 Å². The van der Waals surface area contributed by atoms with Crippen LogP contribution in [-0.2, 0) is 9.47 Å². The molecule has 8 atom stereocenters. The molecule has 0 aliphatic heterocycles. The maximum atomic E-state index is 7.57. The van der Waals surface area contributed by atoms with Crippen LogP contribution in [0, 0.1) is 52.3 Å². The predicted molar refractivity (Wildman–Crippen MR) is 202 cm³/mol. The van der Waals surface area contributed by atoms with Gasteiger partial charge in [0.2, 0.25) is 0 Å². The number of rotatable bonds is 13. The van der Waals surface area contributed by atoms with Gasteiger partial charge in [-0.05, 0) is 137 Å². The summed E-state index contributed by atoms with van der Waals surface area (Å²) in [6.07, 6.45) is 20.6. The lowest BCUT2D eigenvalue weighted by Gasteiger charge is -2.58. The molecule has 274 valence electrons. The third-order valence-corrected chi connectivity index (χ3v) is 12.5. The molecule has 0 aromatic rings. The van der Waals surface area contributed by atoms with E-state index < -0.39 is 0 Å². The number of aliphatic hydroxyl groups is 1. The van der Waals surface area contributed by atoms with Crippen molar-refractivity contribution in [3.05, 3.63) is 11.6 Å². The van der Waals surface area contributed by atoms with E-state index >= 15 is 0 Å². The molecule has 8 unspecified atom stereocenters. The van der Waals surface area contributed by atoms with Crippen LogP contribution in [0.1, 0.15) is 180 Å². The van der Waals surface area contributed by atoms with Crippen molar-refractivity contribution < 1.29 is 14.6 Å². The summed E-state index contributed by atoms with van der Waals surface area (Å²) < 4.78 is 12.7. The number of hydrogen-bond donors (Lipinski definition) is 1. The minimum absolute atomic E-state index is 0.0881. The van der Waals surface area contributed by atoms with E-state index in [0.717, 1.165) is 61.6 Å². The summed E-state index contributed by atoms with van der Waals surface area (Å²) in [4.78, 5) is 0. The van der Waals surface area contributed by atoms with Crippen molar-refractivity contribution in [1.82, 2.24) is 0 Å². The highest BCUT2D eigenvalue weighted by molar-refractivity contribution is 5.25. The summed E-state index contributed by atoms with van der Waals surface area (Å²) in [7, 11) is 0. The van der Waals surface area contributed by atoms with Gasteiger partial charge in [0.05, 0.1) is 11.7 Å². The molecule has 0 saturated heterocycles. The smallest absolute Gasteiger partial charge is 0.0648 e. The molecule has 0 amide bonds. The molecule has 4 rings (SSSR count). The molecule has 3 fully saturated rings. The van der Waals surface area contributed by atoms with E-state index in [1.54, 1.807) is 12.5 Å². The Balaban J connectivity index is 0.00000140. The van der Waals surface area contributed by atoms with Crippen LogP contribution < -0.4 is 0 Å². The van der Waals surface area contributed by atoms with Crippen molar-refractivity contribution in [3.63, 3.8) is 0 Å². The number of ether oxygens (including phenoxy) is 2. The van der Waals surface area contributed by atoms with Gasteiger partial charge in [-0.25, -0.2) is 0 Å². The first-order chi connectivity index (χ1) is 21.8. The molecule has 3 heteroatoms.